The van der Waals surface area contributed by atoms with Crippen molar-refractivity contribution in [3.63, 3.8) is 0 Å². The maximum absolute atomic E-state index is 12.9. The van der Waals surface area contributed by atoms with Crippen LogP contribution < -0.4 is 5.56 Å². The number of rotatable bonds is 3. The highest BCUT2D eigenvalue weighted by Crippen LogP contribution is 2.24. The lowest BCUT2D eigenvalue weighted by Gasteiger charge is -2.19. The van der Waals surface area contributed by atoms with E-state index in [0.717, 1.165) is 4.88 Å². The normalized spacial score (nSPS) is 12.3. The summed E-state index contributed by atoms with van der Waals surface area (Å²) >= 11 is 1.47. The lowest BCUT2D eigenvalue weighted by atomic mass is 10.1. The Morgan fingerprint density at radius 2 is 1.96 bits per heavy atom. The van der Waals surface area contributed by atoms with Crippen molar-refractivity contribution in [2.24, 2.45) is 0 Å². The third kappa shape index (κ3) is 2.66. The van der Waals surface area contributed by atoms with Gasteiger partial charge >= 0.3 is 5.97 Å². The van der Waals surface area contributed by atoms with Crippen molar-refractivity contribution in [2.75, 3.05) is 7.11 Å². The van der Waals surface area contributed by atoms with Crippen molar-refractivity contribution in [1.82, 2.24) is 9.55 Å². The molecule has 1 atom stereocenters. The second-order valence-corrected chi connectivity index (χ2v) is 6.48. The van der Waals surface area contributed by atoms with Gasteiger partial charge in [0.05, 0.1) is 12.5 Å². The van der Waals surface area contributed by atoms with E-state index in [-0.39, 0.29) is 5.56 Å². The van der Waals surface area contributed by atoms with Gasteiger partial charge in [0.15, 0.2) is 6.04 Å². The second kappa shape index (κ2) is 5.96. The number of carbonyl (C=O) groups is 1. The van der Waals surface area contributed by atoms with Gasteiger partial charge in [0, 0.05) is 4.88 Å². The van der Waals surface area contributed by atoms with Gasteiger partial charge in [-0.15, -0.1) is 11.3 Å². The van der Waals surface area contributed by atoms with Crippen LogP contribution in [-0.4, -0.2) is 22.6 Å². The van der Waals surface area contributed by atoms with Crippen molar-refractivity contribution in [2.45, 2.75) is 19.9 Å². The lowest BCUT2D eigenvalue weighted by molar-refractivity contribution is -0.143. The Kier molecular flexibility index (Phi) is 4.00. The Balaban J connectivity index is 2.30. The highest BCUT2D eigenvalue weighted by atomic mass is 32.1. The molecule has 0 aliphatic rings. The summed E-state index contributed by atoms with van der Waals surface area (Å²) in [6.07, 6.45) is 0. The average Bonchev–Trinajstić information content (AvgIpc) is 2.92. The van der Waals surface area contributed by atoms with E-state index in [4.69, 9.17) is 4.74 Å². The number of esters is 1. The summed E-state index contributed by atoms with van der Waals surface area (Å²) in [5.41, 5.74) is 0.466. The quantitative estimate of drug-likeness (QED) is 0.694. The molecule has 2 aromatic heterocycles. The number of hydrogen-bond acceptors (Lipinski definition) is 5. The third-order valence-electron chi connectivity index (χ3n) is 3.69. The Morgan fingerprint density at radius 1 is 1.26 bits per heavy atom. The predicted molar refractivity (Wildman–Crippen MR) is 90.0 cm³/mol. The minimum Gasteiger partial charge on any atom is -0.467 e. The van der Waals surface area contributed by atoms with Gasteiger partial charge in [0.1, 0.15) is 10.7 Å². The number of benzene rings is 1. The fraction of sp³-hybridized carbons (Fsp3) is 0.235. The maximum Gasteiger partial charge on any atom is 0.333 e. The predicted octanol–water partition coefficient (Wildman–Crippen LogP) is 2.84. The first kappa shape index (κ1) is 15.4. The number of aromatic nitrogens is 2. The Labute approximate surface area is 137 Å². The number of hydrogen-bond donors (Lipinski definition) is 0. The Hall–Kier alpha value is -2.47. The number of carbonyl (C=O) groups excluding carboxylic acids is 1. The van der Waals surface area contributed by atoms with Crippen molar-refractivity contribution in [1.29, 1.82) is 0 Å². The summed E-state index contributed by atoms with van der Waals surface area (Å²) in [5, 5.41) is 0.530. The molecule has 3 rings (SSSR count). The van der Waals surface area contributed by atoms with E-state index >= 15 is 0 Å². The molecule has 0 saturated carbocycles. The van der Waals surface area contributed by atoms with Gasteiger partial charge in [0.25, 0.3) is 5.56 Å². The standard InChI is InChI=1S/C17H16N2O3S/c1-10-9-13-15(23-10)18-11(2)19(16(13)20)14(17(21)22-3)12-7-5-4-6-8-12/h4-9,14H,1-3H3. The topological polar surface area (TPSA) is 61.2 Å². The number of nitrogens with zero attached hydrogens (tertiary/aromatic N) is 2. The summed E-state index contributed by atoms with van der Waals surface area (Å²) in [4.78, 5) is 31.5. The molecule has 23 heavy (non-hydrogen) atoms. The molecular formula is C17H16N2O3S. The summed E-state index contributed by atoms with van der Waals surface area (Å²) < 4.78 is 6.34. The SMILES string of the molecule is COC(=O)C(c1ccccc1)n1c(C)nc2sc(C)cc2c1=O. The molecule has 5 nitrogen and oxygen atoms in total. The molecule has 0 spiro atoms. The van der Waals surface area contributed by atoms with Crippen LogP contribution in [0.2, 0.25) is 0 Å². The molecule has 6 heteroatoms. The molecule has 0 amide bonds. The number of thiophene rings is 1. The smallest absolute Gasteiger partial charge is 0.333 e. The molecule has 0 bridgehead atoms. The van der Waals surface area contributed by atoms with Crippen LogP contribution in [0, 0.1) is 13.8 Å². The van der Waals surface area contributed by atoms with Crippen LogP contribution in [-0.2, 0) is 9.53 Å². The zero-order valence-electron chi connectivity index (χ0n) is 13.1. The van der Waals surface area contributed by atoms with Crippen molar-refractivity contribution in [3.05, 3.63) is 63.0 Å². The van der Waals surface area contributed by atoms with Crippen molar-refractivity contribution < 1.29 is 9.53 Å². The zero-order chi connectivity index (χ0) is 16.6. The van der Waals surface area contributed by atoms with Crippen LogP contribution in [0.1, 0.15) is 22.3 Å². The van der Waals surface area contributed by atoms with Crippen molar-refractivity contribution in [3.8, 4) is 0 Å². The van der Waals surface area contributed by atoms with Gasteiger partial charge < -0.3 is 4.74 Å². The van der Waals surface area contributed by atoms with E-state index in [9.17, 15) is 9.59 Å². The molecule has 0 aliphatic heterocycles. The van der Waals surface area contributed by atoms with Gasteiger partial charge in [-0.2, -0.15) is 0 Å². The Bertz CT molecular complexity index is 928. The van der Waals surface area contributed by atoms with Gasteiger partial charge in [-0.25, -0.2) is 9.78 Å². The van der Waals surface area contributed by atoms with Crippen LogP contribution in [0.3, 0.4) is 0 Å². The first-order valence-electron chi connectivity index (χ1n) is 7.15. The maximum atomic E-state index is 12.9. The molecule has 0 radical (unpaired) electrons. The van der Waals surface area contributed by atoms with E-state index in [1.165, 1.54) is 23.0 Å². The molecule has 1 unspecified atom stereocenters. The van der Waals surface area contributed by atoms with E-state index in [0.29, 0.717) is 21.6 Å². The molecule has 0 N–H and O–H groups in total. The zero-order valence-corrected chi connectivity index (χ0v) is 13.9. The highest BCUT2D eigenvalue weighted by Gasteiger charge is 2.27. The minimum atomic E-state index is -0.842. The number of ether oxygens (including phenoxy) is 1. The van der Waals surface area contributed by atoms with E-state index < -0.39 is 12.0 Å². The second-order valence-electron chi connectivity index (χ2n) is 5.25. The molecule has 0 aliphatic carbocycles. The van der Waals surface area contributed by atoms with Gasteiger partial charge in [-0.3, -0.25) is 9.36 Å². The fourth-order valence-electron chi connectivity index (χ4n) is 2.66. The van der Waals surface area contributed by atoms with Crippen LogP contribution in [0.5, 0.6) is 0 Å². The molecule has 118 valence electrons. The number of fused-ring (bicyclic) bond motifs is 1. The first-order chi connectivity index (χ1) is 11.0. The summed E-state index contributed by atoms with van der Waals surface area (Å²) in [6.45, 7) is 3.66. The number of aryl methyl sites for hydroxylation is 2. The fourth-order valence-corrected chi connectivity index (χ4v) is 3.57. The summed E-state index contributed by atoms with van der Waals surface area (Å²) in [7, 11) is 1.32. The van der Waals surface area contributed by atoms with Gasteiger partial charge in [-0.05, 0) is 25.5 Å². The molecule has 3 aromatic rings. The van der Waals surface area contributed by atoms with E-state index in [2.05, 4.69) is 4.98 Å². The van der Waals surface area contributed by atoms with Gasteiger partial charge in [-0.1, -0.05) is 30.3 Å². The van der Waals surface area contributed by atoms with Crippen LogP contribution >= 0.6 is 11.3 Å². The monoisotopic (exact) mass is 328 g/mol. The molecule has 0 saturated heterocycles. The summed E-state index contributed by atoms with van der Waals surface area (Å²) in [5.74, 6) is -0.00176. The Morgan fingerprint density at radius 3 is 2.61 bits per heavy atom. The molecular weight excluding hydrogens is 312 g/mol. The molecule has 1 aromatic carbocycles. The summed E-state index contributed by atoms with van der Waals surface area (Å²) in [6, 6.07) is 10.1. The lowest BCUT2D eigenvalue weighted by Crippen LogP contribution is -2.33. The van der Waals surface area contributed by atoms with Crippen LogP contribution in [0.25, 0.3) is 10.2 Å². The van der Waals surface area contributed by atoms with E-state index in [1.54, 1.807) is 19.1 Å². The van der Waals surface area contributed by atoms with Crippen LogP contribution in [0.4, 0.5) is 0 Å². The highest BCUT2D eigenvalue weighted by molar-refractivity contribution is 7.18. The first-order valence-corrected chi connectivity index (χ1v) is 7.96. The average molecular weight is 328 g/mol. The number of methoxy groups -OCH3 is 1. The third-order valence-corrected chi connectivity index (χ3v) is 4.64. The minimum absolute atomic E-state index is 0.226. The van der Waals surface area contributed by atoms with E-state index in [1.807, 2.05) is 31.2 Å². The van der Waals surface area contributed by atoms with Gasteiger partial charge in [0.2, 0.25) is 0 Å². The largest absolute Gasteiger partial charge is 0.467 e. The molecule has 0 fully saturated rings. The molecule has 2 heterocycles. The van der Waals surface area contributed by atoms with Crippen LogP contribution in [0.15, 0.2) is 41.2 Å². The van der Waals surface area contributed by atoms with Crippen molar-refractivity contribution >= 4 is 27.5 Å².